The summed E-state index contributed by atoms with van der Waals surface area (Å²) in [5.41, 5.74) is 3.46. The largest absolute Gasteiger partial charge is 0.496 e. The molecule has 24 heavy (non-hydrogen) atoms. The molecule has 130 valence electrons. The minimum absolute atomic E-state index is 0.162. The van der Waals surface area contributed by atoms with Gasteiger partial charge in [0, 0.05) is 11.7 Å². The van der Waals surface area contributed by atoms with Crippen LogP contribution >= 0.6 is 0 Å². The molecule has 2 aromatic rings. The van der Waals surface area contributed by atoms with Gasteiger partial charge in [-0.3, -0.25) is 4.72 Å². The summed E-state index contributed by atoms with van der Waals surface area (Å²) in [6, 6.07) is 13.7. The van der Waals surface area contributed by atoms with Crippen molar-refractivity contribution in [2.24, 2.45) is 0 Å². The molecule has 2 aromatic carbocycles. The number of methoxy groups -OCH3 is 1. The molecular formula is C18H24N2O3S. The molecule has 0 fully saturated rings. The lowest BCUT2D eigenvalue weighted by atomic mass is 10.1. The van der Waals surface area contributed by atoms with Gasteiger partial charge in [0.15, 0.2) is 0 Å². The molecule has 1 atom stereocenters. The van der Waals surface area contributed by atoms with Gasteiger partial charge in [-0.25, -0.2) is 8.42 Å². The van der Waals surface area contributed by atoms with Gasteiger partial charge < -0.3 is 10.1 Å². The fourth-order valence-electron chi connectivity index (χ4n) is 2.56. The Labute approximate surface area is 144 Å². The summed E-state index contributed by atoms with van der Waals surface area (Å²) < 4.78 is 30.8. The Bertz CT molecular complexity index is 804. The summed E-state index contributed by atoms with van der Waals surface area (Å²) in [6.07, 6.45) is 1.95. The molecule has 0 spiro atoms. The van der Waals surface area contributed by atoms with Gasteiger partial charge in [-0.15, -0.1) is 0 Å². The molecule has 5 nitrogen and oxygen atoms in total. The predicted octanol–water partition coefficient (Wildman–Crippen LogP) is 3.42. The van der Waals surface area contributed by atoms with Crippen molar-refractivity contribution in [3.63, 3.8) is 0 Å². The first-order valence-electron chi connectivity index (χ1n) is 7.75. The second-order valence-corrected chi connectivity index (χ2v) is 7.71. The Kier molecular flexibility index (Phi) is 5.72. The van der Waals surface area contributed by atoms with Gasteiger partial charge in [0.05, 0.1) is 19.1 Å². The summed E-state index contributed by atoms with van der Waals surface area (Å²) in [7, 11) is -1.63. The standard InChI is InChI=1S/C18H24N2O3S/c1-13-9-10-16(12-17(13)20-24(4,21)22)19-14(2)11-15-7-5-6-8-18(15)23-3/h5-10,12,14,19-20H,11H2,1-4H3. The van der Waals surface area contributed by atoms with E-state index < -0.39 is 10.0 Å². The molecule has 0 saturated heterocycles. The summed E-state index contributed by atoms with van der Waals surface area (Å²) in [5, 5.41) is 3.40. The fourth-order valence-corrected chi connectivity index (χ4v) is 3.18. The van der Waals surface area contributed by atoms with Crippen molar-refractivity contribution in [1.29, 1.82) is 0 Å². The molecule has 0 aliphatic rings. The van der Waals surface area contributed by atoms with E-state index in [4.69, 9.17) is 4.74 Å². The van der Waals surface area contributed by atoms with Gasteiger partial charge in [-0.1, -0.05) is 24.3 Å². The number of anilines is 2. The van der Waals surface area contributed by atoms with Crippen LogP contribution in [0.1, 0.15) is 18.1 Å². The minimum atomic E-state index is -3.30. The molecular weight excluding hydrogens is 324 g/mol. The Morgan fingerprint density at radius 1 is 1.17 bits per heavy atom. The number of hydrogen-bond acceptors (Lipinski definition) is 4. The van der Waals surface area contributed by atoms with Crippen LogP contribution in [-0.4, -0.2) is 27.8 Å². The first-order valence-corrected chi connectivity index (χ1v) is 9.64. The Morgan fingerprint density at radius 2 is 1.88 bits per heavy atom. The summed E-state index contributed by atoms with van der Waals surface area (Å²) >= 11 is 0. The number of hydrogen-bond donors (Lipinski definition) is 2. The molecule has 0 aliphatic carbocycles. The van der Waals surface area contributed by atoms with E-state index in [2.05, 4.69) is 17.0 Å². The van der Waals surface area contributed by atoms with Crippen molar-refractivity contribution in [2.45, 2.75) is 26.3 Å². The maximum Gasteiger partial charge on any atom is 0.229 e. The van der Waals surface area contributed by atoms with Gasteiger partial charge in [0.2, 0.25) is 10.0 Å². The van der Waals surface area contributed by atoms with Crippen LogP contribution in [0.5, 0.6) is 5.75 Å². The zero-order valence-corrected chi connectivity index (χ0v) is 15.3. The minimum Gasteiger partial charge on any atom is -0.496 e. The lowest BCUT2D eigenvalue weighted by Gasteiger charge is -2.18. The van der Waals surface area contributed by atoms with Crippen LogP contribution in [0.2, 0.25) is 0 Å². The van der Waals surface area contributed by atoms with Crippen LogP contribution in [-0.2, 0) is 16.4 Å². The van der Waals surface area contributed by atoms with Crippen molar-refractivity contribution < 1.29 is 13.2 Å². The highest BCUT2D eigenvalue weighted by atomic mass is 32.2. The molecule has 0 amide bonds. The monoisotopic (exact) mass is 348 g/mol. The Balaban J connectivity index is 2.11. The molecule has 2 rings (SSSR count). The lowest BCUT2D eigenvalue weighted by molar-refractivity contribution is 0.409. The average Bonchev–Trinajstić information content (AvgIpc) is 2.49. The van der Waals surface area contributed by atoms with E-state index in [1.165, 1.54) is 0 Å². The highest BCUT2D eigenvalue weighted by Gasteiger charge is 2.10. The average molecular weight is 348 g/mol. The van der Waals surface area contributed by atoms with Crippen LogP contribution in [0, 0.1) is 6.92 Å². The van der Waals surface area contributed by atoms with Crippen molar-refractivity contribution >= 4 is 21.4 Å². The van der Waals surface area contributed by atoms with E-state index in [9.17, 15) is 8.42 Å². The quantitative estimate of drug-likeness (QED) is 0.804. The number of nitrogens with one attached hydrogen (secondary N) is 2. The van der Waals surface area contributed by atoms with Crippen LogP contribution in [0.25, 0.3) is 0 Å². The number of sulfonamides is 1. The van der Waals surface area contributed by atoms with E-state index in [1.807, 2.05) is 49.4 Å². The molecule has 0 aliphatic heterocycles. The maximum absolute atomic E-state index is 11.5. The predicted molar refractivity (Wildman–Crippen MR) is 99.4 cm³/mol. The fraction of sp³-hybridized carbons (Fsp3) is 0.333. The van der Waals surface area contributed by atoms with Gasteiger partial charge in [0.1, 0.15) is 5.75 Å². The Morgan fingerprint density at radius 3 is 2.54 bits per heavy atom. The van der Waals surface area contributed by atoms with Gasteiger partial charge in [-0.05, 0) is 49.6 Å². The number of rotatable bonds is 7. The molecule has 0 heterocycles. The first-order chi connectivity index (χ1) is 11.3. The lowest BCUT2D eigenvalue weighted by Crippen LogP contribution is -2.19. The molecule has 6 heteroatoms. The summed E-state index contributed by atoms with van der Waals surface area (Å²) in [4.78, 5) is 0. The van der Waals surface area contributed by atoms with Crippen molar-refractivity contribution in [3.05, 3.63) is 53.6 Å². The number of aryl methyl sites for hydroxylation is 1. The van der Waals surface area contributed by atoms with Crippen LogP contribution in [0.3, 0.4) is 0 Å². The Hall–Kier alpha value is -2.21. The topological polar surface area (TPSA) is 67.4 Å². The highest BCUT2D eigenvalue weighted by molar-refractivity contribution is 7.92. The molecule has 1 unspecified atom stereocenters. The highest BCUT2D eigenvalue weighted by Crippen LogP contribution is 2.24. The zero-order chi connectivity index (χ0) is 17.7. The molecule has 0 radical (unpaired) electrons. The smallest absolute Gasteiger partial charge is 0.229 e. The van der Waals surface area contributed by atoms with E-state index in [0.717, 1.165) is 35.2 Å². The second-order valence-electron chi connectivity index (χ2n) is 5.97. The van der Waals surface area contributed by atoms with Crippen LogP contribution in [0.4, 0.5) is 11.4 Å². The molecule has 0 saturated carbocycles. The van der Waals surface area contributed by atoms with Crippen LogP contribution in [0.15, 0.2) is 42.5 Å². The number of ether oxygens (including phenoxy) is 1. The van der Waals surface area contributed by atoms with E-state index in [1.54, 1.807) is 7.11 Å². The SMILES string of the molecule is COc1ccccc1CC(C)Nc1ccc(C)c(NS(C)(=O)=O)c1. The third-order valence-electron chi connectivity index (χ3n) is 3.66. The van der Waals surface area contributed by atoms with Gasteiger partial charge in [0.25, 0.3) is 0 Å². The maximum atomic E-state index is 11.5. The number of benzene rings is 2. The third-order valence-corrected chi connectivity index (χ3v) is 4.26. The molecule has 0 bridgehead atoms. The molecule has 2 N–H and O–H groups in total. The molecule has 0 aromatic heterocycles. The van der Waals surface area contributed by atoms with Gasteiger partial charge in [-0.2, -0.15) is 0 Å². The summed E-state index contributed by atoms with van der Waals surface area (Å²) in [6.45, 7) is 3.95. The van der Waals surface area contributed by atoms with Crippen molar-refractivity contribution in [2.75, 3.05) is 23.4 Å². The van der Waals surface area contributed by atoms with E-state index in [-0.39, 0.29) is 6.04 Å². The summed E-state index contributed by atoms with van der Waals surface area (Å²) in [5.74, 6) is 0.870. The second kappa shape index (κ2) is 7.57. The van der Waals surface area contributed by atoms with Gasteiger partial charge >= 0.3 is 0 Å². The zero-order valence-electron chi connectivity index (χ0n) is 14.5. The van der Waals surface area contributed by atoms with E-state index >= 15 is 0 Å². The van der Waals surface area contributed by atoms with Crippen LogP contribution < -0.4 is 14.8 Å². The van der Waals surface area contributed by atoms with E-state index in [0.29, 0.717) is 5.69 Å². The van der Waals surface area contributed by atoms with Crippen molar-refractivity contribution in [1.82, 2.24) is 0 Å². The third kappa shape index (κ3) is 5.16. The number of para-hydroxylation sites is 1. The van der Waals surface area contributed by atoms with Crippen molar-refractivity contribution in [3.8, 4) is 5.75 Å². The first kappa shape index (κ1) is 18.1. The normalized spacial score (nSPS) is 12.5.